The molecular weight excluding hydrogens is 396 g/mol. The van der Waals surface area contributed by atoms with Crippen LogP contribution < -0.4 is 15.5 Å². The quantitative estimate of drug-likeness (QED) is 0.536. The van der Waals surface area contributed by atoms with Crippen LogP contribution in [0.2, 0.25) is 0 Å². The first kappa shape index (κ1) is 22.1. The highest BCUT2D eigenvalue weighted by Crippen LogP contribution is 2.18. The Hall–Kier alpha value is -3.62. The van der Waals surface area contributed by atoms with E-state index < -0.39 is 12.1 Å². The summed E-state index contributed by atoms with van der Waals surface area (Å²) in [4.78, 5) is 26.8. The summed E-state index contributed by atoms with van der Waals surface area (Å²) in [7, 11) is 0. The van der Waals surface area contributed by atoms with Crippen LogP contribution in [0.15, 0.2) is 47.2 Å². The Kier molecular flexibility index (Phi) is 7.42. The van der Waals surface area contributed by atoms with Gasteiger partial charge in [-0.25, -0.2) is 14.5 Å². The van der Waals surface area contributed by atoms with Gasteiger partial charge in [-0.05, 0) is 25.8 Å². The van der Waals surface area contributed by atoms with Gasteiger partial charge in [0.2, 0.25) is 0 Å². The highest BCUT2D eigenvalue weighted by molar-refractivity contribution is 6.13. The molecule has 9 heteroatoms. The van der Waals surface area contributed by atoms with E-state index in [9.17, 15) is 9.59 Å². The van der Waals surface area contributed by atoms with Gasteiger partial charge in [0, 0.05) is 24.8 Å². The molecule has 0 radical (unpaired) electrons. The molecule has 0 unspecified atom stereocenters. The number of benzene rings is 1. The predicted molar refractivity (Wildman–Crippen MR) is 117 cm³/mol. The number of nitrogens with one attached hydrogen (secondary N) is 2. The van der Waals surface area contributed by atoms with Crippen molar-refractivity contribution < 1.29 is 14.1 Å². The summed E-state index contributed by atoms with van der Waals surface area (Å²) < 4.78 is 6.85. The lowest BCUT2D eigenvalue weighted by Crippen LogP contribution is -2.48. The summed E-state index contributed by atoms with van der Waals surface area (Å²) in [6.07, 6.45) is 4.93. The summed E-state index contributed by atoms with van der Waals surface area (Å²) in [5.74, 6) is 0.712. The number of hydrogen-bond acceptors (Lipinski definition) is 5. The third-order valence-electron chi connectivity index (χ3n) is 4.88. The van der Waals surface area contributed by atoms with Gasteiger partial charge in [-0.1, -0.05) is 48.8 Å². The third-order valence-corrected chi connectivity index (χ3v) is 4.88. The standard InChI is InChI=1S/C22H28N6O3/c1-4-5-11-23-21(29)28(22(30)24-12-18-9-7-6-8-10-18)19-13-25-27(14-19)15-20-16(2)26-31-17(20)3/h6-10,13-14H,4-5,11-12,15H2,1-3H3,(H,23,29)(H,24,30). The Morgan fingerprint density at radius 3 is 2.55 bits per heavy atom. The van der Waals surface area contributed by atoms with E-state index >= 15 is 0 Å². The molecule has 0 saturated carbocycles. The number of unbranched alkanes of at least 4 members (excludes halogenated alkanes) is 1. The molecule has 2 N–H and O–H groups in total. The highest BCUT2D eigenvalue weighted by atomic mass is 16.5. The topological polar surface area (TPSA) is 105 Å². The summed E-state index contributed by atoms with van der Waals surface area (Å²) in [6, 6.07) is 8.52. The summed E-state index contributed by atoms with van der Waals surface area (Å²) in [5, 5.41) is 13.9. The number of rotatable bonds is 8. The second-order valence-corrected chi connectivity index (χ2v) is 7.26. The Morgan fingerprint density at radius 2 is 1.87 bits per heavy atom. The first-order valence-corrected chi connectivity index (χ1v) is 10.3. The normalized spacial score (nSPS) is 10.7. The van der Waals surface area contributed by atoms with E-state index in [0.717, 1.165) is 34.6 Å². The van der Waals surface area contributed by atoms with Crippen LogP contribution in [-0.2, 0) is 13.1 Å². The molecule has 0 atom stereocenters. The van der Waals surface area contributed by atoms with Crippen molar-refractivity contribution in [1.29, 1.82) is 0 Å². The molecule has 0 aliphatic carbocycles. The van der Waals surface area contributed by atoms with E-state index in [1.54, 1.807) is 10.9 Å². The van der Waals surface area contributed by atoms with Crippen molar-refractivity contribution >= 4 is 17.7 Å². The number of imide groups is 1. The molecule has 0 spiro atoms. The number of aryl methyl sites for hydroxylation is 2. The van der Waals surface area contributed by atoms with Crippen LogP contribution in [0, 0.1) is 13.8 Å². The Bertz CT molecular complexity index is 992. The Morgan fingerprint density at radius 1 is 1.13 bits per heavy atom. The van der Waals surface area contributed by atoms with E-state index in [-0.39, 0.29) is 0 Å². The number of carbonyl (C=O) groups excluding carboxylic acids is 2. The number of amides is 4. The van der Waals surface area contributed by atoms with Crippen molar-refractivity contribution in [3.8, 4) is 0 Å². The van der Waals surface area contributed by atoms with Gasteiger partial charge in [-0.15, -0.1) is 0 Å². The Balaban J connectivity index is 1.76. The smallest absolute Gasteiger partial charge is 0.330 e. The van der Waals surface area contributed by atoms with Crippen molar-refractivity contribution in [3.05, 3.63) is 65.3 Å². The minimum absolute atomic E-state index is 0.311. The largest absolute Gasteiger partial charge is 0.361 e. The average molecular weight is 425 g/mol. The minimum Gasteiger partial charge on any atom is -0.361 e. The maximum atomic E-state index is 12.9. The molecule has 0 aliphatic heterocycles. The zero-order valence-corrected chi connectivity index (χ0v) is 18.1. The van der Waals surface area contributed by atoms with E-state index in [1.165, 1.54) is 6.20 Å². The number of anilines is 1. The Labute approximate surface area is 181 Å². The van der Waals surface area contributed by atoms with Crippen molar-refractivity contribution in [2.24, 2.45) is 0 Å². The fourth-order valence-corrected chi connectivity index (χ4v) is 3.07. The number of carbonyl (C=O) groups is 2. The lowest BCUT2D eigenvalue weighted by atomic mass is 10.2. The maximum absolute atomic E-state index is 12.9. The fourth-order valence-electron chi connectivity index (χ4n) is 3.07. The fraction of sp³-hybridized carbons (Fsp3) is 0.364. The zero-order valence-electron chi connectivity index (χ0n) is 18.1. The molecule has 0 bridgehead atoms. The van der Waals surface area contributed by atoms with Crippen molar-refractivity contribution in [2.75, 3.05) is 11.4 Å². The van der Waals surface area contributed by atoms with E-state index in [2.05, 4.69) is 20.9 Å². The van der Waals surface area contributed by atoms with Crippen LogP contribution in [0.3, 0.4) is 0 Å². The van der Waals surface area contributed by atoms with E-state index in [0.29, 0.717) is 31.1 Å². The van der Waals surface area contributed by atoms with Gasteiger partial charge < -0.3 is 15.2 Å². The molecule has 0 aliphatic rings. The number of hydrogen-bond donors (Lipinski definition) is 2. The van der Waals surface area contributed by atoms with Gasteiger partial charge in [0.05, 0.1) is 24.1 Å². The van der Waals surface area contributed by atoms with Crippen molar-refractivity contribution in [1.82, 2.24) is 25.6 Å². The molecule has 2 aromatic heterocycles. The monoisotopic (exact) mass is 424 g/mol. The third kappa shape index (κ3) is 5.71. The highest BCUT2D eigenvalue weighted by Gasteiger charge is 2.25. The van der Waals surface area contributed by atoms with E-state index in [4.69, 9.17) is 4.52 Å². The van der Waals surface area contributed by atoms with Crippen LogP contribution >= 0.6 is 0 Å². The summed E-state index contributed by atoms with van der Waals surface area (Å²) >= 11 is 0. The van der Waals surface area contributed by atoms with Crippen LogP contribution in [0.5, 0.6) is 0 Å². The van der Waals surface area contributed by atoms with Gasteiger partial charge in [0.15, 0.2) is 0 Å². The van der Waals surface area contributed by atoms with Gasteiger partial charge in [0.1, 0.15) is 5.76 Å². The van der Waals surface area contributed by atoms with E-state index in [1.807, 2.05) is 51.1 Å². The lowest BCUT2D eigenvalue weighted by molar-refractivity contribution is 0.234. The number of urea groups is 2. The molecule has 9 nitrogen and oxygen atoms in total. The molecule has 0 fully saturated rings. The maximum Gasteiger partial charge on any atom is 0.330 e. The van der Waals surface area contributed by atoms with Gasteiger partial charge in [0.25, 0.3) is 0 Å². The second kappa shape index (κ2) is 10.4. The molecule has 3 aromatic rings. The molecular formula is C22H28N6O3. The van der Waals surface area contributed by atoms with Gasteiger partial charge >= 0.3 is 12.1 Å². The predicted octanol–water partition coefficient (Wildman–Crippen LogP) is 3.76. The average Bonchev–Trinajstić information content (AvgIpc) is 3.35. The van der Waals surface area contributed by atoms with Crippen LogP contribution in [0.25, 0.3) is 0 Å². The molecule has 164 valence electrons. The van der Waals surface area contributed by atoms with Gasteiger partial charge in [-0.2, -0.15) is 5.10 Å². The van der Waals surface area contributed by atoms with Crippen LogP contribution in [0.4, 0.5) is 15.3 Å². The molecule has 0 saturated heterocycles. The number of aromatic nitrogens is 3. The lowest BCUT2D eigenvalue weighted by Gasteiger charge is -2.20. The number of nitrogens with zero attached hydrogens (tertiary/aromatic N) is 4. The molecule has 1 aromatic carbocycles. The van der Waals surface area contributed by atoms with Crippen LogP contribution in [0.1, 0.15) is 42.3 Å². The first-order valence-electron chi connectivity index (χ1n) is 10.3. The summed E-state index contributed by atoms with van der Waals surface area (Å²) in [6.45, 7) is 6.97. The first-order chi connectivity index (χ1) is 15.0. The summed E-state index contributed by atoms with van der Waals surface area (Å²) in [5.41, 5.74) is 3.02. The molecule has 4 amide bonds. The van der Waals surface area contributed by atoms with Gasteiger partial charge in [-0.3, -0.25) is 4.68 Å². The van der Waals surface area contributed by atoms with Crippen molar-refractivity contribution in [3.63, 3.8) is 0 Å². The van der Waals surface area contributed by atoms with Crippen molar-refractivity contribution in [2.45, 2.75) is 46.7 Å². The zero-order chi connectivity index (χ0) is 22.2. The van der Waals surface area contributed by atoms with Crippen LogP contribution in [-0.4, -0.2) is 33.5 Å². The SMILES string of the molecule is CCCCNC(=O)N(C(=O)NCc1ccccc1)c1cnn(Cc2c(C)noc2C)c1. The minimum atomic E-state index is -0.519. The molecule has 31 heavy (non-hydrogen) atoms. The second-order valence-electron chi connectivity index (χ2n) is 7.26. The molecule has 3 rings (SSSR count). The molecule has 2 heterocycles.